The summed E-state index contributed by atoms with van der Waals surface area (Å²) in [6.07, 6.45) is 2.05. The van der Waals surface area contributed by atoms with Crippen molar-refractivity contribution < 1.29 is 23.5 Å². The van der Waals surface area contributed by atoms with Gasteiger partial charge < -0.3 is 20.1 Å². The summed E-state index contributed by atoms with van der Waals surface area (Å²) in [5.74, 6) is -0.452. The van der Waals surface area contributed by atoms with E-state index in [2.05, 4.69) is 20.8 Å². The number of carbonyl (C=O) groups excluding carboxylic acids is 2. The van der Waals surface area contributed by atoms with Crippen LogP contribution in [-0.2, 0) is 11.3 Å². The van der Waals surface area contributed by atoms with Crippen LogP contribution in [0.2, 0.25) is 0 Å². The maximum absolute atomic E-state index is 12.9. The van der Waals surface area contributed by atoms with Crippen LogP contribution in [0.1, 0.15) is 38.0 Å². The number of anilines is 1. The molecule has 8 nitrogen and oxygen atoms in total. The van der Waals surface area contributed by atoms with Crippen LogP contribution in [0.4, 0.5) is 10.1 Å². The number of hydrogen-bond donors (Lipinski definition) is 2. The maximum atomic E-state index is 12.9. The molecule has 10 heteroatoms. The molecule has 2 N–H and O–H groups in total. The second-order valence-corrected chi connectivity index (χ2v) is 8.18. The Kier molecular flexibility index (Phi) is 7.03. The van der Waals surface area contributed by atoms with Crippen molar-refractivity contribution in [1.29, 1.82) is 0 Å². The molecule has 0 bridgehead atoms. The van der Waals surface area contributed by atoms with Crippen molar-refractivity contribution in [1.82, 2.24) is 15.5 Å². The molecule has 3 aromatic rings. The Morgan fingerprint density at radius 3 is 2.59 bits per heavy atom. The number of amides is 2. The number of hydrogen-bond acceptors (Lipinski definition) is 7. The molecule has 1 atom stereocenters. The molecule has 32 heavy (non-hydrogen) atoms. The summed E-state index contributed by atoms with van der Waals surface area (Å²) in [5.41, 5.74) is 1.03. The van der Waals surface area contributed by atoms with E-state index in [4.69, 9.17) is 9.47 Å². The number of ether oxygens (including phenoxy) is 2. The van der Waals surface area contributed by atoms with Crippen LogP contribution < -0.4 is 15.4 Å². The summed E-state index contributed by atoms with van der Waals surface area (Å²) in [5, 5.41) is 14.1. The van der Waals surface area contributed by atoms with Crippen LogP contribution in [0.25, 0.3) is 0 Å². The lowest BCUT2D eigenvalue weighted by Gasteiger charge is -2.11. The average Bonchev–Trinajstić information content (AvgIpc) is 3.50. The zero-order valence-corrected chi connectivity index (χ0v) is 17.9. The van der Waals surface area contributed by atoms with Gasteiger partial charge >= 0.3 is 0 Å². The molecule has 166 valence electrons. The first-order chi connectivity index (χ1) is 15.6. The molecule has 2 amide bonds. The van der Waals surface area contributed by atoms with Gasteiger partial charge in [0.15, 0.2) is 5.01 Å². The zero-order chi connectivity index (χ0) is 22.3. The van der Waals surface area contributed by atoms with E-state index in [1.165, 1.54) is 24.3 Å². The van der Waals surface area contributed by atoms with Crippen LogP contribution in [0.15, 0.2) is 48.5 Å². The minimum absolute atomic E-state index is 0.0791. The minimum atomic E-state index is -0.411. The van der Waals surface area contributed by atoms with Gasteiger partial charge in [0.05, 0.1) is 6.10 Å². The topological polar surface area (TPSA) is 102 Å². The minimum Gasteiger partial charge on any atom is -0.486 e. The first-order valence-corrected chi connectivity index (χ1v) is 10.9. The van der Waals surface area contributed by atoms with E-state index in [0.29, 0.717) is 28.6 Å². The van der Waals surface area contributed by atoms with Gasteiger partial charge in [0.25, 0.3) is 11.8 Å². The molecule has 0 saturated carbocycles. The van der Waals surface area contributed by atoms with E-state index in [0.717, 1.165) is 30.8 Å². The number of benzene rings is 2. The summed E-state index contributed by atoms with van der Waals surface area (Å²) in [6.45, 7) is 1.35. The van der Waals surface area contributed by atoms with Gasteiger partial charge in [-0.2, -0.15) is 0 Å². The van der Waals surface area contributed by atoms with Gasteiger partial charge in [0, 0.05) is 24.4 Å². The highest BCUT2D eigenvalue weighted by Gasteiger charge is 2.17. The fraction of sp³-hybridized carbons (Fsp3) is 0.273. The third-order valence-corrected chi connectivity index (χ3v) is 5.65. The number of carbonyl (C=O) groups is 2. The number of halogens is 1. The molecular formula is C22H21FN4O4S. The Bertz CT molecular complexity index is 1070. The fourth-order valence-electron chi connectivity index (χ4n) is 3.08. The van der Waals surface area contributed by atoms with Gasteiger partial charge in [0.1, 0.15) is 18.2 Å². The second kappa shape index (κ2) is 10.3. The quantitative estimate of drug-likeness (QED) is 0.539. The van der Waals surface area contributed by atoms with Crippen LogP contribution in [-0.4, -0.2) is 41.3 Å². The summed E-state index contributed by atoms with van der Waals surface area (Å²) in [4.78, 5) is 24.7. The summed E-state index contributed by atoms with van der Waals surface area (Å²) in [6, 6.07) is 12.2. The summed E-state index contributed by atoms with van der Waals surface area (Å²) >= 11 is 1.10. The highest BCUT2D eigenvalue weighted by Crippen LogP contribution is 2.18. The van der Waals surface area contributed by atoms with Crippen molar-refractivity contribution in [3.05, 3.63) is 69.9 Å². The first-order valence-electron chi connectivity index (χ1n) is 10.1. The number of nitrogens with zero attached hydrogens (tertiary/aromatic N) is 2. The molecule has 4 rings (SSSR count). The van der Waals surface area contributed by atoms with Crippen molar-refractivity contribution in [3.8, 4) is 5.75 Å². The molecule has 1 aromatic heterocycles. The van der Waals surface area contributed by atoms with E-state index >= 15 is 0 Å². The van der Waals surface area contributed by atoms with Crippen LogP contribution in [0.3, 0.4) is 0 Å². The van der Waals surface area contributed by atoms with Gasteiger partial charge in [-0.3, -0.25) is 9.59 Å². The predicted octanol–water partition coefficient (Wildman–Crippen LogP) is 3.42. The Morgan fingerprint density at radius 1 is 1.09 bits per heavy atom. The molecule has 1 saturated heterocycles. The van der Waals surface area contributed by atoms with Crippen molar-refractivity contribution in [2.45, 2.75) is 25.6 Å². The largest absolute Gasteiger partial charge is 0.486 e. The molecule has 0 spiro atoms. The molecule has 2 aromatic carbocycles. The third kappa shape index (κ3) is 5.86. The van der Waals surface area contributed by atoms with E-state index in [9.17, 15) is 14.0 Å². The van der Waals surface area contributed by atoms with E-state index in [-0.39, 0.29) is 29.4 Å². The summed E-state index contributed by atoms with van der Waals surface area (Å²) < 4.78 is 23.9. The average molecular weight is 456 g/mol. The molecule has 0 unspecified atom stereocenters. The lowest BCUT2D eigenvalue weighted by atomic mass is 10.2. The Labute approximate surface area is 187 Å². The van der Waals surface area contributed by atoms with Crippen molar-refractivity contribution in [3.63, 3.8) is 0 Å². The molecule has 1 aliphatic rings. The van der Waals surface area contributed by atoms with Gasteiger partial charge in [-0.15, -0.1) is 10.2 Å². The molecule has 0 aliphatic carbocycles. The van der Waals surface area contributed by atoms with Gasteiger partial charge in [-0.25, -0.2) is 4.39 Å². The molecule has 2 heterocycles. The SMILES string of the molecule is O=C(NC[C@@H]1CCCO1)c1ccc(NC(=O)c2nnc(COc3ccc(F)cc3)s2)cc1. The molecule has 1 fully saturated rings. The van der Waals surface area contributed by atoms with Crippen LogP contribution in [0.5, 0.6) is 5.75 Å². The number of nitrogens with one attached hydrogen (secondary N) is 2. The van der Waals surface area contributed by atoms with Crippen molar-refractivity contribution in [2.75, 3.05) is 18.5 Å². The fourth-order valence-corrected chi connectivity index (χ4v) is 3.73. The van der Waals surface area contributed by atoms with Crippen LogP contribution in [0, 0.1) is 5.82 Å². The van der Waals surface area contributed by atoms with E-state index in [1.807, 2.05) is 0 Å². The van der Waals surface area contributed by atoms with Crippen molar-refractivity contribution >= 4 is 28.8 Å². The highest BCUT2D eigenvalue weighted by molar-refractivity contribution is 7.13. The second-order valence-electron chi connectivity index (χ2n) is 7.12. The maximum Gasteiger partial charge on any atom is 0.286 e. The van der Waals surface area contributed by atoms with Crippen LogP contribution >= 0.6 is 11.3 Å². The first kappa shape index (κ1) is 21.8. The number of rotatable bonds is 8. The smallest absolute Gasteiger partial charge is 0.286 e. The van der Waals surface area contributed by atoms with E-state index in [1.54, 1.807) is 24.3 Å². The van der Waals surface area contributed by atoms with Crippen molar-refractivity contribution in [2.24, 2.45) is 0 Å². The highest BCUT2D eigenvalue weighted by atomic mass is 32.1. The summed E-state index contributed by atoms with van der Waals surface area (Å²) in [7, 11) is 0. The molecule has 1 aliphatic heterocycles. The lowest BCUT2D eigenvalue weighted by Crippen LogP contribution is -2.31. The Morgan fingerprint density at radius 2 is 1.88 bits per heavy atom. The Balaban J connectivity index is 1.27. The lowest BCUT2D eigenvalue weighted by molar-refractivity contribution is 0.0857. The standard InChI is InChI=1S/C22H21FN4O4S/c23-15-5-9-17(10-6-15)31-13-19-26-27-22(32-19)21(29)25-16-7-3-14(4-8-16)20(28)24-12-18-2-1-11-30-18/h3-10,18H,1-2,11-13H2,(H,24,28)(H,25,29)/t18-/m0/s1. The molecular weight excluding hydrogens is 435 g/mol. The predicted molar refractivity (Wildman–Crippen MR) is 116 cm³/mol. The van der Waals surface area contributed by atoms with Gasteiger partial charge in [0.2, 0.25) is 5.01 Å². The van der Waals surface area contributed by atoms with E-state index < -0.39 is 5.91 Å². The zero-order valence-electron chi connectivity index (χ0n) is 17.0. The Hall–Kier alpha value is -3.37. The molecule has 0 radical (unpaired) electrons. The van der Waals surface area contributed by atoms with Gasteiger partial charge in [-0.05, 0) is 61.4 Å². The third-order valence-electron chi connectivity index (χ3n) is 4.76. The normalized spacial score (nSPS) is 15.3. The number of aromatic nitrogens is 2. The van der Waals surface area contributed by atoms with Gasteiger partial charge in [-0.1, -0.05) is 11.3 Å². The monoisotopic (exact) mass is 456 g/mol.